The van der Waals surface area contributed by atoms with Gasteiger partial charge in [-0.2, -0.15) is 0 Å². The normalized spacial score (nSPS) is 11.1. The van der Waals surface area contributed by atoms with Crippen LogP contribution in [0.5, 0.6) is 0 Å². The molecule has 4 nitrogen and oxygen atoms in total. The van der Waals surface area contributed by atoms with Crippen molar-refractivity contribution < 1.29 is 0 Å². The lowest BCUT2D eigenvalue weighted by atomic mass is 10.4. The van der Waals surface area contributed by atoms with Crippen molar-refractivity contribution in [3.8, 4) is 0 Å². The number of aromatic nitrogens is 2. The quantitative estimate of drug-likeness (QED) is 0.728. The molecule has 0 aromatic carbocycles. The molecule has 0 spiro atoms. The molecule has 0 aliphatic rings. The molecule has 1 rings (SSSR count). The fraction of sp³-hybridized carbons (Fsp3) is 0.700. The first-order chi connectivity index (χ1) is 6.77. The van der Waals surface area contributed by atoms with Crippen LogP contribution in [0.3, 0.4) is 0 Å². The van der Waals surface area contributed by atoms with Crippen LogP contribution in [0.4, 0.5) is 0 Å². The van der Waals surface area contributed by atoms with E-state index in [1.165, 1.54) is 5.69 Å². The summed E-state index contributed by atoms with van der Waals surface area (Å²) in [6.45, 7) is 5.78. The molecule has 0 saturated heterocycles. The molecular formula is C10H20N4. The van der Waals surface area contributed by atoms with Gasteiger partial charge in [-0.25, -0.2) is 4.98 Å². The van der Waals surface area contributed by atoms with Gasteiger partial charge in [0.1, 0.15) is 0 Å². The molecule has 0 aliphatic heterocycles. The zero-order valence-corrected chi connectivity index (χ0v) is 9.11. The summed E-state index contributed by atoms with van der Waals surface area (Å²) in [6, 6.07) is 0. The van der Waals surface area contributed by atoms with Crippen molar-refractivity contribution in [3.05, 3.63) is 18.2 Å². The highest BCUT2D eigenvalue weighted by atomic mass is 15.1. The number of hydrogen-bond donors (Lipinski definition) is 1. The van der Waals surface area contributed by atoms with Gasteiger partial charge in [-0.05, 0) is 13.5 Å². The van der Waals surface area contributed by atoms with Crippen LogP contribution in [-0.2, 0) is 13.1 Å². The fourth-order valence-corrected chi connectivity index (χ4v) is 1.50. The fourth-order valence-electron chi connectivity index (χ4n) is 1.50. The molecule has 0 atom stereocenters. The third-order valence-electron chi connectivity index (χ3n) is 2.21. The smallest absolute Gasteiger partial charge is 0.0948 e. The molecule has 0 amide bonds. The molecule has 2 N–H and O–H groups in total. The van der Waals surface area contributed by atoms with Gasteiger partial charge < -0.3 is 10.3 Å². The van der Waals surface area contributed by atoms with Gasteiger partial charge >= 0.3 is 0 Å². The van der Waals surface area contributed by atoms with Crippen molar-refractivity contribution in [3.63, 3.8) is 0 Å². The Morgan fingerprint density at radius 1 is 1.57 bits per heavy atom. The topological polar surface area (TPSA) is 47.1 Å². The molecule has 80 valence electrons. The third-order valence-corrected chi connectivity index (χ3v) is 2.21. The summed E-state index contributed by atoms with van der Waals surface area (Å²) in [6.07, 6.45) is 4.97. The molecule has 1 aromatic heterocycles. The zero-order chi connectivity index (χ0) is 10.4. The lowest BCUT2D eigenvalue weighted by Gasteiger charge is -2.16. The Balaban J connectivity index is 2.52. The average molecular weight is 196 g/mol. The van der Waals surface area contributed by atoms with E-state index in [9.17, 15) is 0 Å². The monoisotopic (exact) mass is 196 g/mol. The number of aryl methyl sites for hydroxylation is 1. The van der Waals surface area contributed by atoms with E-state index >= 15 is 0 Å². The van der Waals surface area contributed by atoms with Crippen LogP contribution in [0.1, 0.15) is 19.0 Å². The van der Waals surface area contributed by atoms with E-state index in [1.807, 2.05) is 12.5 Å². The second kappa shape index (κ2) is 5.78. The largest absolute Gasteiger partial charge is 0.333 e. The van der Waals surface area contributed by atoms with E-state index in [-0.39, 0.29) is 0 Å². The Kier molecular flexibility index (Phi) is 4.62. The van der Waals surface area contributed by atoms with Crippen molar-refractivity contribution >= 4 is 0 Å². The Labute approximate surface area is 85.7 Å². The van der Waals surface area contributed by atoms with E-state index < -0.39 is 0 Å². The van der Waals surface area contributed by atoms with E-state index in [1.54, 1.807) is 0 Å². The lowest BCUT2D eigenvalue weighted by Crippen LogP contribution is -2.26. The van der Waals surface area contributed by atoms with Crippen LogP contribution >= 0.6 is 0 Å². The minimum atomic E-state index is 0.707. The summed E-state index contributed by atoms with van der Waals surface area (Å²) < 4.78 is 2.20. The van der Waals surface area contributed by atoms with E-state index in [0.29, 0.717) is 6.54 Å². The minimum Gasteiger partial charge on any atom is -0.333 e. The maximum absolute atomic E-state index is 5.49. The average Bonchev–Trinajstić information content (AvgIpc) is 2.54. The van der Waals surface area contributed by atoms with Crippen LogP contribution in [0.25, 0.3) is 0 Å². The highest BCUT2D eigenvalue weighted by Gasteiger charge is 2.04. The Morgan fingerprint density at radius 2 is 2.36 bits per heavy atom. The number of hydrogen-bond acceptors (Lipinski definition) is 3. The molecule has 4 heteroatoms. The summed E-state index contributed by atoms with van der Waals surface area (Å²) >= 11 is 0. The number of imidazole rings is 1. The molecule has 0 saturated carbocycles. The lowest BCUT2D eigenvalue weighted by molar-refractivity contribution is 0.326. The van der Waals surface area contributed by atoms with Gasteiger partial charge in [-0.3, -0.25) is 4.90 Å². The minimum absolute atomic E-state index is 0.707. The molecule has 1 heterocycles. The zero-order valence-electron chi connectivity index (χ0n) is 9.11. The molecule has 1 aromatic rings. The van der Waals surface area contributed by atoms with Crippen LogP contribution < -0.4 is 5.73 Å². The molecular weight excluding hydrogens is 176 g/mol. The highest BCUT2D eigenvalue weighted by molar-refractivity contribution is 4.97. The SMILES string of the molecule is CCCn1cncc1CN(C)CCN. The number of likely N-dealkylation sites (N-methyl/N-ethyl adjacent to an activating group) is 1. The van der Waals surface area contributed by atoms with Crippen LogP contribution in [-0.4, -0.2) is 34.6 Å². The second-order valence-corrected chi connectivity index (χ2v) is 3.60. The van der Waals surface area contributed by atoms with Crippen molar-refractivity contribution in [1.29, 1.82) is 0 Å². The maximum atomic E-state index is 5.49. The highest BCUT2D eigenvalue weighted by Crippen LogP contribution is 2.03. The van der Waals surface area contributed by atoms with Gasteiger partial charge in [0, 0.05) is 32.4 Å². The first-order valence-electron chi connectivity index (χ1n) is 5.15. The van der Waals surface area contributed by atoms with Gasteiger partial charge in [0.15, 0.2) is 0 Å². The van der Waals surface area contributed by atoms with Gasteiger partial charge in [-0.15, -0.1) is 0 Å². The van der Waals surface area contributed by atoms with Crippen LogP contribution in [0.2, 0.25) is 0 Å². The van der Waals surface area contributed by atoms with Crippen molar-refractivity contribution in [2.75, 3.05) is 20.1 Å². The van der Waals surface area contributed by atoms with E-state index in [0.717, 1.165) is 26.1 Å². The van der Waals surface area contributed by atoms with Gasteiger partial charge in [0.25, 0.3) is 0 Å². The van der Waals surface area contributed by atoms with Crippen molar-refractivity contribution in [1.82, 2.24) is 14.5 Å². The van der Waals surface area contributed by atoms with Gasteiger partial charge in [0.05, 0.1) is 12.0 Å². The standard InChI is InChI=1S/C10H20N4/c1-3-5-14-9-12-7-10(14)8-13(2)6-4-11/h7,9H,3-6,8,11H2,1-2H3. The number of nitrogens with two attached hydrogens (primary N) is 1. The molecule has 14 heavy (non-hydrogen) atoms. The number of rotatable bonds is 6. The Bertz CT molecular complexity index is 256. The van der Waals surface area contributed by atoms with Crippen molar-refractivity contribution in [2.24, 2.45) is 5.73 Å². The predicted molar refractivity (Wildman–Crippen MR) is 57.9 cm³/mol. The Morgan fingerprint density at radius 3 is 3.00 bits per heavy atom. The third kappa shape index (κ3) is 3.12. The van der Waals surface area contributed by atoms with E-state index in [4.69, 9.17) is 5.73 Å². The summed E-state index contributed by atoms with van der Waals surface area (Å²) in [5.74, 6) is 0. The van der Waals surface area contributed by atoms with Crippen LogP contribution in [0.15, 0.2) is 12.5 Å². The second-order valence-electron chi connectivity index (χ2n) is 3.60. The van der Waals surface area contributed by atoms with Crippen molar-refractivity contribution in [2.45, 2.75) is 26.4 Å². The number of nitrogens with zero attached hydrogens (tertiary/aromatic N) is 3. The molecule has 0 unspecified atom stereocenters. The van der Waals surface area contributed by atoms with Gasteiger partial charge in [-0.1, -0.05) is 6.92 Å². The first kappa shape index (κ1) is 11.2. The predicted octanol–water partition coefficient (Wildman–Crippen LogP) is 0.684. The van der Waals surface area contributed by atoms with Crippen LogP contribution in [0, 0.1) is 0 Å². The summed E-state index contributed by atoms with van der Waals surface area (Å²) in [5, 5.41) is 0. The molecule has 0 bridgehead atoms. The molecule has 0 fully saturated rings. The van der Waals surface area contributed by atoms with E-state index in [2.05, 4.69) is 28.4 Å². The maximum Gasteiger partial charge on any atom is 0.0948 e. The molecule has 0 radical (unpaired) electrons. The first-order valence-corrected chi connectivity index (χ1v) is 5.15. The summed E-state index contributed by atoms with van der Waals surface area (Å²) in [4.78, 5) is 6.37. The molecule has 0 aliphatic carbocycles. The Hall–Kier alpha value is -0.870. The summed E-state index contributed by atoms with van der Waals surface area (Å²) in [7, 11) is 2.08. The summed E-state index contributed by atoms with van der Waals surface area (Å²) in [5.41, 5.74) is 6.76. The van der Waals surface area contributed by atoms with Gasteiger partial charge in [0.2, 0.25) is 0 Å².